The highest BCUT2D eigenvalue weighted by Crippen LogP contribution is 2.33. The summed E-state index contributed by atoms with van der Waals surface area (Å²) in [6.07, 6.45) is 1.55. The second-order valence-electron chi connectivity index (χ2n) is 8.46. The molecular formula is C25H24F3N5O3. The SMILES string of the molecule is CN1C(=O)CCC1CCOc1ccc(-c2ncc(C(F)(F)F)[nH]2)cc1NC(=O)C#Cc1ccn(C)c1. The highest BCUT2D eigenvalue weighted by Gasteiger charge is 2.33. The van der Waals surface area contributed by atoms with E-state index in [-0.39, 0.29) is 30.1 Å². The van der Waals surface area contributed by atoms with Gasteiger partial charge in [0.15, 0.2) is 0 Å². The standard InChI is InChI=1S/C25H24F3N5O3/c1-32-11-9-16(15-32)3-7-22(34)30-19-13-17(24-29-14-21(31-24)25(26,27)28)4-6-20(19)36-12-10-18-5-8-23(35)33(18)2/h4,6,9,11,13-15,18H,5,8,10,12H2,1-2H3,(H,29,31)(H,30,34). The van der Waals surface area contributed by atoms with Crippen LogP contribution in [0, 0.1) is 11.8 Å². The molecule has 0 bridgehead atoms. The fourth-order valence-electron chi connectivity index (χ4n) is 3.88. The first-order chi connectivity index (χ1) is 17.1. The number of carbonyl (C=O) groups excluding carboxylic acids is 2. The molecule has 188 valence electrons. The van der Waals surface area contributed by atoms with Crippen molar-refractivity contribution in [2.24, 2.45) is 7.05 Å². The van der Waals surface area contributed by atoms with Crippen LogP contribution in [0.5, 0.6) is 5.75 Å². The van der Waals surface area contributed by atoms with E-state index in [1.807, 2.05) is 7.05 Å². The van der Waals surface area contributed by atoms with E-state index >= 15 is 0 Å². The van der Waals surface area contributed by atoms with Crippen molar-refractivity contribution in [1.82, 2.24) is 19.4 Å². The van der Waals surface area contributed by atoms with E-state index in [2.05, 4.69) is 27.1 Å². The minimum atomic E-state index is -4.56. The molecule has 0 aliphatic carbocycles. The molecule has 1 atom stereocenters. The number of likely N-dealkylation sites (tertiary alicyclic amines) is 1. The number of hydrogen-bond donors (Lipinski definition) is 2. The van der Waals surface area contributed by atoms with Crippen molar-refractivity contribution in [3.63, 3.8) is 0 Å². The lowest BCUT2D eigenvalue weighted by Gasteiger charge is -2.20. The van der Waals surface area contributed by atoms with E-state index in [1.165, 1.54) is 6.07 Å². The van der Waals surface area contributed by atoms with Crippen LogP contribution < -0.4 is 10.1 Å². The number of hydrogen-bond acceptors (Lipinski definition) is 4. The maximum Gasteiger partial charge on any atom is 0.432 e. The van der Waals surface area contributed by atoms with E-state index in [0.29, 0.717) is 35.9 Å². The van der Waals surface area contributed by atoms with Gasteiger partial charge in [-0.15, -0.1) is 0 Å². The van der Waals surface area contributed by atoms with E-state index in [0.717, 1.165) is 6.42 Å². The van der Waals surface area contributed by atoms with Gasteiger partial charge in [0, 0.05) is 62.4 Å². The molecule has 1 saturated heterocycles. The average Bonchev–Trinajstić information content (AvgIpc) is 3.55. The second-order valence-corrected chi connectivity index (χ2v) is 8.46. The van der Waals surface area contributed by atoms with Crippen molar-refractivity contribution in [2.75, 3.05) is 19.0 Å². The smallest absolute Gasteiger partial charge is 0.432 e. The van der Waals surface area contributed by atoms with Gasteiger partial charge in [-0.2, -0.15) is 13.2 Å². The second kappa shape index (κ2) is 10.2. The van der Waals surface area contributed by atoms with Crippen molar-refractivity contribution in [3.8, 4) is 29.0 Å². The Morgan fingerprint density at radius 3 is 2.75 bits per heavy atom. The number of nitrogens with zero attached hydrogens (tertiary/aromatic N) is 3. The summed E-state index contributed by atoms with van der Waals surface area (Å²) in [4.78, 5) is 32.0. The molecular weight excluding hydrogens is 475 g/mol. The van der Waals surface area contributed by atoms with Gasteiger partial charge in [-0.1, -0.05) is 5.92 Å². The number of halogens is 3. The Labute approximate surface area is 205 Å². The molecule has 1 aliphatic heterocycles. The van der Waals surface area contributed by atoms with Crippen LogP contribution in [0.1, 0.15) is 30.5 Å². The number of carbonyl (C=O) groups is 2. The summed E-state index contributed by atoms with van der Waals surface area (Å²) in [7, 11) is 3.59. The van der Waals surface area contributed by atoms with Crippen molar-refractivity contribution in [2.45, 2.75) is 31.5 Å². The largest absolute Gasteiger partial charge is 0.491 e. The molecule has 2 aromatic heterocycles. The van der Waals surface area contributed by atoms with Crippen LogP contribution in [0.4, 0.5) is 18.9 Å². The normalized spacial score (nSPS) is 15.5. The van der Waals surface area contributed by atoms with Crippen LogP contribution in [-0.2, 0) is 22.8 Å². The van der Waals surface area contributed by atoms with Gasteiger partial charge in [0.2, 0.25) is 5.91 Å². The highest BCUT2D eigenvalue weighted by molar-refractivity contribution is 6.05. The first kappa shape index (κ1) is 24.9. The summed E-state index contributed by atoms with van der Waals surface area (Å²) in [5.74, 6) is 5.04. The third kappa shape index (κ3) is 5.89. The fraction of sp³-hybridized carbons (Fsp3) is 0.320. The summed E-state index contributed by atoms with van der Waals surface area (Å²) in [5.41, 5.74) is 0.238. The van der Waals surface area contributed by atoms with Gasteiger partial charge in [0.1, 0.15) is 17.3 Å². The maximum atomic E-state index is 13.0. The number of aromatic amines is 1. The summed E-state index contributed by atoms with van der Waals surface area (Å²) in [5, 5.41) is 2.66. The number of H-pyrrole nitrogens is 1. The summed E-state index contributed by atoms with van der Waals surface area (Å²) in [6.45, 7) is 0.277. The summed E-state index contributed by atoms with van der Waals surface area (Å²) >= 11 is 0. The monoisotopic (exact) mass is 499 g/mol. The van der Waals surface area contributed by atoms with Crippen LogP contribution in [0.15, 0.2) is 42.9 Å². The highest BCUT2D eigenvalue weighted by atomic mass is 19.4. The van der Waals surface area contributed by atoms with Gasteiger partial charge in [-0.05, 0) is 30.7 Å². The number of benzene rings is 1. The van der Waals surface area contributed by atoms with Gasteiger partial charge in [0.05, 0.1) is 18.5 Å². The maximum absolute atomic E-state index is 13.0. The zero-order valence-corrected chi connectivity index (χ0v) is 19.6. The van der Waals surface area contributed by atoms with Gasteiger partial charge < -0.3 is 24.5 Å². The predicted octanol–water partition coefficient (Wildman–Crippen LogP) is 3.81. The molecule has 2 N–H and O–H groups in total. The Bertz CT molecular complexity index is 1330. The van der Waals surface area contributed by atoms with Crippen LogP contribution in [-0.4, -0.2) is 50.9 Å². The van der Waals surface area contributed by atoms with Crippen LogP contribution in [0.25, 0.3) is 11.4 Å². The molecule has 1 fully saturated rings. The quantitative estimate of drug-likeness (QED) is 0.505. The number of ether oxygens (including phenoxy) is 1. The predicted molar refractivity (Wildman–Crippen MR) is 126 cm³/mol. The Balaban J connectivity index is 1.54. The lowest BCUT2D eigenvalue weighted by atomic mass is 10.1. The molecule has 1 unspecified atom stereocenters. The number of rotatable bonds is 6. The number of aryl methyl sites for hydroxylation is 1. The molecule has 4 rings (SSSR count). The van der Waals surface area contributed by atoms with Crippen molar-refractivity contribution < 1.29 is 27.5 Å². The Kier molecular flexibility index (Phi) is 7.05. The molecule has 3 aromatic rings. The lowest BCUT2D eigenvalue weighted by molar-refractivity contribution is -0.140. The molecule has 2 amide bonds. The van der Waals surface area contributed by atoms with Gasteiger partial charge in [-0.25, -0.2) is 4.98 Å². The first-order valence-electron chi connectivity index (χ1n) is 11.2. The molecule has 0 radical (unpaired) electrons. The van der Waals surface area contributed by atoms with Gasteiger partial charge in [0.25, 0.3) is 0 Å². The molecule has 1 aromatic carbocycles. The molecule has 0 spiro atoms. The van der Waals surface area contributed by atoms with Crippen molar-refractivity contribution >= 4 is 17.5 Å². The number of imidazole rings is 1. The van der Waals surface area contributed by atoms with Crippen molar-refractivity contribution in [3.05, 3.63) is 54.1 Å². The number of anilines is 1. The Morgan fingerprint density at radius 2 is 2.11 bits per heavy atom. The molecule has 3 heterocycles. The first-order valence-corrected chi connectivity index (χ1v) is 11.2. The fourth-order valence-corrected chi connectivity index (χ4v) is 3.88. The van der Waals surface area contributed by atoms with E-state index in [4.69, 9.17) is 4.74 Å². The third-order valence-corrected chi connectivity index (χ3v) is 5.88. The number of nitrogens with one attached hydrogen (secondary N) is 2. The molecule has 0 saturated carbocycles. The topological polar surface area (TPSA) is 92.2 Å². The molecule has 11 heteroatoms. The minimum absolute atomic E-state index is 0.00848. The average molecular weight is 499 g/mol. The summed E-state index contributed by atoms with van der Waals surface area (Å²) < 4.78 is 46.6. The van der Waals surface area contributed by atoms with Gasteiger partial charge in [-0.3, -0.25) is 9.59 Å². The molecule has 1 aliphatic rings. The van der Waals surface area contributed by atoms with Crippen LogP contribution >= 0.6 is 0 Å². The third-order valence-electron chi connectivity index (χ3n) is 5.88. The number of aromatic nitrogens is 3. The molecule has 8 nitrogen and oxygen atoms in total. The van der Waals surface area contributed by atoms with Crippen LogP contribution in [0.2, 0.25) is 0 Å². The Morgan fingerprint density at radius 1 is 1.31 bits per heavy atom. The Hall–Kier alpha value is -4.20. The summed E-state index contributed by atoms with van der Waals surface area (Å²) in [6, 6.07) is 6.40. The zero-order chi connectivity index (χ0) is 25.9. The van der Waals surface area contributed by atoms with Gasteiger partial charge >= 0.3 is 12.1 Å². The lowest BCUT2D eigenvalue weighted by Crippen LogP contribution is -2.29. The minimum Gasteiger partial charge on any atom is -0.491 e. The number of amides is 2. The van der Waals surface area contributed by atoms with E-state index in [9.17, 15) is 22.8 Å². The zero-order valence-electron chi connectivity index (χ0n) is 19.6. The van der Waals surface area contributed by atoms with E-state index < -0.39 is 17.8 Å². The van der Waals surface area contributed by atoms with E-state index in [1.54, 1.807) is 47.1 Å². The van der Waals surface area contributed by atoms with Crippen molar-refractivity contribution in [1.29, 1.82) is 0 Å². The number of alkyl halides is 3. The molecule has 36 heavy (non-hydrogen) atoms. The van der Waals surface area contributed by atoms with Crippen LogP contribution in [0.3, 0.4) is 0 Å².